The van der Waals surface area contributed by atoms with Gasteiger partial charge >= 0.3 is 0 Å². The Kier molecular flexibility index (Phi) is 6.65. The smallest absolute Gasteiger partial charge is 0.258 e. The van der Waals surface area contributed by atoms with E-state index in [-0.39, 0.29) is 18.6 Å². The molecule has 0 aliphatic carbocycles. The Balaban J connectivity index is 1.92. The Morgan fingerprint density at radius 1 is 1.28 bits per heavy atom. The molecule has 25 heavy (non-hydrogen) atoms. The molecule has 136 valence electrons. The van der Waals surface area contributed by atoms with Gasteiger partial charge in [0.15, 0.2) is 18.4 Å². The molecule has 1 amide bonds. The van der Waals surface area contributed by atoms with Crippen LogP contribution in [0.5, 0.6) is 5.75 Å². The number of hydrogen-bond acceptors (Lipinski definition) is 3. The van der Waals surface area contributed by atoms with E-state index in [0.717, 1.165) is 22.6 Å². The topological polar surface area (TPSA) is 55.9 Å². The molecule has 5 heteroatoms. The van der Waals surface area contributed by atoms with E-state index in [1.54, 1.807) is 6.26 Å². The second-order valence-electron chi connectivity index (χ2n) is 6.93. The number of benzene rings is 1. The van der Waals surface area contributed by atoms with E-state index >= 15 is 0 Å². The summed E-state index contributed by atoms with van der Waals surface area (Å²) in [5.74, 6) is 1.86. The third-order valence-electron chi connectivity index (χ3n) is 4.24. The van der Waals surface area contributed by atoms with E-state index in [1.807, 2.05) is 39.2 Å². The predicted octanol–water partition coefficient (Wildman–Crippen LogP) is 2.09. The first-order valence-electron chi connectivity index (χ1n) is 8.72. The van der Waals surface area contributed by atoms with Crippen LogP contribution < -0.4 is 15.0 Å². The van der Waals surface area contributed by atoms with Gasteiger partial charge in [-0.1, -0.05) is 26.0 Å². The van der Waals surface area contributed by atoms with Gasteiger partial charge < -0.3 is 19.4 Å². The van der Waals surface area contributed by atoms with E-state index < -0.39 is 0 Å². The van der Waals surface area contributed by atoms with Gasteiger partial charge in [0, 0.05) is 0 Å². The molecule has 5 nitrogen and oxygen atoms in total. The third-order valence-corrected chi connectivity index (χ3v) is 4.24. The molecule has 0 bridgehead atoms. The van der Waals surface area contributed by atoms with Crippen molar-refractivity contribution in [3.05, 3.63) is 53.5 Å². The normalized spacial score (nSPS) is 12.4. The Hall–Kier alpha value is -2.27. The Bertz CT molecular complexity index is 678. The minimum Gasteiger partial charge on any atom is -0.483 e. The fraction of sp³-hybridized carbons (Fsp3) is 0.450. The number of carbonyl (C=O) groups is 1. The molecule has 0 fully saturated rings. The Morgan fingerprint density at radius 3 is 2.64 bits per heavy atom. The third kappa shape index (κ3) is 5.36. The van der Waals surface area contributed by atoms with Crippen molar-refractivity contribution in [1.29, 1.82) is 0 Å². The van der Waals surface area contributed by atoms with E-state index in [2.05, 4.69) is 31.3 Å². The largest absolute Gasteiger partial charge is 0.483 e. The van der Waals surface area contributed by atoms with Crippen molar-refractivity contribution < 1.29 is 18.8 Å². The lowest BCUT2D eigenvalue weighted by Crippen LogP contribution is -3.07. The lowest BCUT2D eigenvalue weighted by Gasteiger charge is -2.20. The molecule has 2 rings (SSSR count). The zero-order valence-corrected chi connectivity index (χ0v) is 15.8. The highest BCUT2D eigenvalue weighted by Gasteiger charge is 2.21. The second-order valence-corrected chi connectivity index (χ2v) is 6.93. The van der Waals surface area contributed by atoms with Crippen molar-refractivity contribution in [3.63, 3.8) is 0 Å². The number of furan rings is 1. The molecule has 2 aromatic rings. The summed E-state index contributed by atoms with van der Waals surface area (Å²) in [5, 5.41) is 2.94. The minimum atomic E-state index is -0.131. The summed E-state index contributed by atoms with van der Waals surface area (Å²) in [6.07, 6.45) is 1.65. The first-order chi connectivity index (χ1) is 11.9. The van der Waals surface area contributed by atoms with Crippen LogP contribution in [0.2, 0.25) is 0 Å². The summed E-state index contributed by atoms with van der Waals surface area (Å²) in [7, 11) is 4.08. The average Bonchev–Trinajstić information content (AvgIpc) is 3.06. The van der Waals surface area contributed by atoms with Gasteiger partial charge in [0.25, 0.3) is 5.91 Å². The maximum atomic E-state index is 12.2. The van der Waals surface area contributed by atoms with E-state index in [0.29, 0.717) is 12.5 Å². The van der Waals surface area contributed by atoms with Crippen molar-refractivity contribution >= 4 is 5.91 Å². The molecule has 1 aromatic heterocycles. The molecule has 0 unspecified atom stereocenters. The molecule has 2 N–H and O–H groups in total. The number of rotatable bonds is 8. The van der Waals surface area contributed by atoms with Gasteiger partial charge in [-0.3, -0.25) is 4.79 Å². The molecule has 1 heterocycles. The molecule has 0 saturated heterocycles. The highest BCUT2D eigenvalue weighted by molar-refractivity contribution is 5.77. The summed E-state index contributed by atoms with van der Waals surface area (Å²) >= 11 is 0. The highest BCUT2D eigenvalue weighted by atomic mass is 16.5. The lowest BCUT2D eigenvalue weighted by atomic mass is 10.0. The number of aryl methyl sites for hydroxylation is 1. The molecule has 1 atom stereocenters. The number of ether oxygens (including phenoxy) is 1. The van der Waals surface area contributed by atoms with Crippen molar-refractivity contribution in [1.82, 2.24) is 5.32 Å². The lowest BCUT2D eigenvalue weighted by molar-refractivity contribution is -0.891. The van der Waals surface area contributed by atoms with Gasteiger partial charge in [-0.25, -0.2) is 0 Å². The standard InChI is InChI=1S/C20H28N2O3/c1-14(2)16-9-8-15(3)11-19(16)25-13-20(23)21-12-17(22(4)5)18-7-6-10-24-18/h6-11,14,17H,12-13H2,1-5H3,(H,21,23)/p+1/t17-/m1/s1. The number of carbonyl (C=O) groups excluding carboxylic acids is 1. The maximum absolute atomic E-state index is 12.2. The van der Waals surface area contributed by atoms with Crippen LogP contribution in [0.15, 0.2) is 41.0 Å². The molecule has 0 aliphatic heterocycles. The van der Waals surface area contributed by atoms with Crippen LogP contribution in [0.25, 0.3) is 0 Å². The van der Waals surface area contributed by atoms with Gasteiger partial charge in [-0.15, -0.1) is 0 Å². The van der Waals surface area contributed by atoms with Crippen LogP contribution in [0.3, 0.4) is 0 Å². The van der Waals surface area contributed by atoms with Crippen LogP contribution in [-0.4, -0.2) is 33.2 Å². The van der Waals surface area contributed by atoms with E-state index in [9.17, 15) is 4.79 Å². The number of nitrogens with one attached hydrogen (secondary N) is 2. The van der Waals surface area contributed by atoms with E-state index in [1.165, 1.54) is 4.90 Å². The fourth-order valence-electron chi connectivity index (χ4n) is 2.73. The molecular weight excluding hydrogens is 316 g/mol. The molecule has 1 aromatic carbocycles. The molecule has 0 radical (unpaired) electrons. The average molecular weight is 345 g/mol. The quantitative estimate of drug-likeness (QED) is 0.770. The van der Waals surface area contributed by atoms with E-state index in [4.69, 9.17) is 9.15 Å². The summed E-state index contributed by atoms with van der Waals surface area (Å²) in [5.41, 5.74) is 2.23. The highest BCUT2D eigenvalue weighted by Crippen LogP contribution is 2.27. The number of amides is 1. The number of quaternary nitrogens is 1. The molecule has 0 aliphatic rings. The van der Waals surface area contributed by atoms with Crippen LogP contribution in [-0.2, 0) is 4.79 Å². The van der Waals surface area contributed by atoms with Gasteiger partial charge in [0.2, 0.25) is 0 Å². The zero-order chi connectivity index (χ0) is 18.4. The summed E-state index contributed by atoms with van der Waals surface area (Å²) < 4.78 is 11.3. The maximum Gasteiger partial charge on any atom is 0.258 e. The molecular formula is C20H29N2O3+. The minimum absolute atomic E-state index is 0.0107. The van der Waals surface area contributed by atoms with Crippen molar-refractivity contribution in [2.75, 3.05) is 27.2 Å². The van der Waals surface area contributed by atoms with Gasteiger partial charge in [0.05, 0.1) is 26.9 Å². The summed E-state index contributed by atoms with van der Waals surface area (Å²) in [6, 6.07) is 9.98. The van der Waals surface area contributed by atoms with Gasteiger partial charge in [0.1, 0.15) is 5.75 Å². The van der Waals surface area contributed by atoms with Gasteiger partial charge in [-0.2, -0.15) is 0 Å². The van der Waals surface area contributed by atoms with Crippen molar-refractivity contribution in [2.45, 2.75) is 32.7 Å². The van der Waals surface area contributed by atoms with Crippen LogP contribution in [0.4, 0.5) is 0 Å². The first kappa shape index (κ1) is 19.1. The Labute approximate surface area is 150 Å². The second kappa shape index (κ2) is 8.72. The first-order valence-corrected chi connectivity index (χ1v) is 8.72. The Morgan fingerprint density at radius 2 is 2.04 bits per heavy atom. The molecule has 0 spiro atoms. The van der Waals surface area contributed by atoms with Crippen LogP contribution in [0, 0.1) is 6.92 Å². The molecule has 0 saturated carbocycles. The zero-order valence-electron chi connectivity index (χ0n) is 15.8. The van der Waals surface area contributed by atoms with Crippen molar-refractivity contribution in [2.24, 2.45) is 0 Å². The SMILES string of the molecule is Cc1ccc(C(C)C)c(OCC(=O)NC[C@H](c2ccco2)[NH+](C)C)c1. The van der Waals surface area contributed by atoms with Crippen LogP contribution >= 0.6 is 0 Å². The summed E-state index contributed by atoms with van der Waals surface area (Å²) in [6.45, 7) is 6.77. The number of likely N-dealkylation sites (N-methyl/N-ethyl adjacent to an activating group) is 1. The fourth-order valence-corrected chi connectivity index (χ4v) is 2.73. The summed E-state index contributed by atoms with van der Waals surface area (Å²) in [4.78, 5) is 13.4. The number of hydrogen-bond donors (Lipinski definition) is 2. The predicted molar refractivity (Wildman–Crippen MR) is 98.0 cm³/mol. The van der Waals surface area contributed by atoms with Crippen molar-refractivity contribution in [3.8, 4) is 5.75 Å². The van der Waals surface area contributed by atoms with Gasteiger partial charge in [-0.05, 0) is 42.2 Å². The monoisotopic (exact) mass is 345 g/mol. The van der Waals surface area contributed by atoms with Crippen LogP contribution in [0.1, 0.15) is 42.7 Å².